The summed E-state index contributed by atoms with van der Waals surface area (Å²) in [7, 11) is 0. The molecule has 11 heteroatoms. The molecule has 0 radical (unpaired) electrons. The van der Waals surface area contributed by atoms with Gasteiger partial charge in [-0.1, -0.05) is 48.5 Å². The number of hydrogen-bond acceptors (Lipinski definition) is 8. The van der Waals surface area contributed by atoms with Gasteiger partial charge >= 0.3 is 12.1 Å². The highest BCUT2D eigenvalue weighted by Gasteiger charge is 2.19. The first-order valence-corrected chi connectivity index (χ1v) is 9.88. The number of esters is 1. The molecule has 0 aromatic heterocycles. The van der Waals surface area contributed by atoms with Crippen LogP contribution < -0.4 is 21.7 Å². The van der Waals surface area contributed by atoms with Crippen molar-refractivity contribution < 1.29 is 33.4 Å². The van der Waals surface area contributed by atoms with Crippen LogP contribution in [-0.2, 0) is 30.5 Å². The van der Waals surface area contributed by atoms with Gasteiger partial charge in [-0.2, -0.15) is 0 Å². The van der Waals surface area contributed by atoms with E-state index in [1.807, 2.05) is 11.4 Å². The van der Waals surface area contributed by atoms with Crippen molar-refractivity contribution in [1.82, 2.24) is 16.0 Å². The smallest absolute Gasteiger partial charge is 0.407 e. The summed E-state index contributed by atoms with van der Waals surface area (Å²) in [5.74, 6) is -3.01. The van der Waals surface area contributed by atoms with Gasteiger partial charge in [0.05, 0.1) is 6.54 Å². The topological polar surface area (TPSA) is 166 Å². The lowest BCUT2D eigenvalue weighted by Crippen LogP contribution is -2.49. The Hall–Kier alpha value is -4.25. The molecule has 0 bridgehead atoms. The number of hydrogen-bond donors (Lipinski definition) is 4. The third-order valence-electron chi connectivity index (χ3n) is 4.06. The van der Waals surface area contributed by atoms with Crippen LogP contribution in [0.25, 0.3) is 0 Å². The van der Waals surface area contributed by atoms with Crippen LogP contribution in [0.2, 0.25) is 0 Å². The van der Waals surface area contributed by atoms with E-state index in [1.165, 1.54) is 0 Å². The summed E-state index contributed by atoms with van der Waals surface area (Å²) < 4.78 is 9.74. The van der Waals surface area contributed by atoms with E-state index in [1.54, 1.807) is 54.6 Å². The number of rotatable bonds is 10. The summed E-state index contributed by atoms with van der Waals surface area (Å²) in [5, 5.41) is 6.56. The lowest BCUT2D eigenvalue weighted by Gasteiger charge is -2.13. The monoisotopic (exact) mass is 456 g/mol. The number of nitrogens with two attached hydrogens (primary N) is 1. The number of benzene rings is 2. The molecule has 0 aliphatic carbocycles. The van der Waals surface area contributed by atoms with Crippen molar-refractivity contribution >= 4 is 29.8 Å². The standard InChI is InChI=1S/C22H24N4O7/c23-17(21(30)26-18(27)11-24-20(29)16-9-5-2-6-10-16)14-32-19(28)12-25-22(31)33-13-15-7-3-1-4-8-15/h1-10,17H,11-14,23H2,(H,24,29)(H,25,31)(H,26,27,30). The van der Waals surface area contributed by atoms with Crippen LogP contribution in [0.15, 0.2) is 60.7 Å². The average molecular weight is 456 g/mol. The van der Waals surface area contributed by atoms with Gasteiger partial charge in [-0.15, -0.1) is 0 Å². The first-order chi connectivity index (χ1) is 15.8. The predicted molar refractivity (Wildman–Crippen MR) is 115 cm³/mol. The Morgan fingerprint density at radius 1 is 0.818 bits per heavy atom. The molecule has 174 valence electrons. The molecule has 33 heavy (non-hydrogen) atoms. The third kappa shape index (κ3) is 9.61. The predicted octanol–water partition coefficient (Wildman–Crippen LogP) is -0.144. The Morgan fingerprint density at radius 3 is 2.12 bits per heavy atom. The lowest BCUT2D eigenvalue weighted by atomic mass is 10.2. The van der Waals surface area contributed by atoms with E-state index in [0.717, 1.165) is 5.56 Å². The van der Waals surface area contributed by atoms with E-state index < -0.39 is 55.5 Å². The maximum absolute atomic E-state index is 11.9. The van der Waals surface area contributed by atoms with Crippen molar-refractivity contribution in [2.24, 2.45) is 5.73 Å². The Morgan fingerprint density at radius 2 is 1.45 bits per heavy atom. The Labute approximate surface area is 189 Å². The maximum Gasteiger partial charge on any atom is 0.407 e. The van der Waals surface area contributed by atoms with Gasteiger partial charge in [0, 0.05) is 5.56 Å². The van der Waals surface area contributed by atoms with Gasteiger partial charge in [0.2, 0.25) is 11.8 Å². The van der Waals surface area contributed by atoms with Crippen LogP contribution in [-0.4, -0.2) is 55.5 Å². The molecule has 0 aliphatic rings. The fourth-order valence-corrected chi connectivity index (χ4v) is 2.35. The van der Waals surface area contributed by atoms with Gasteiger partial charge in [-0.25, -0.2) is 4.79 Å². The molecule has 11 nitrogen and oxygen atoms in total. The summed E-state index contributed by atoms with van der Waals surface area (Å²) in [6.07, 6.45) is -0.819. The van der Waals surface area contributed by atoms with Crippen molar-refractivity contribution in [3.8, 4) is 0 Å². The fraction of sp³-hybridized carbons (Fsp3) is 0.227. The molecule has 0 saturated heterocycles. The van der Waals surface area contributed by atoms with E-state index in [2.05, 4.69) is 10.6 Å². The highest BCUT2D eigenvalue weighted by molar-refractivity contribution is 6.01. The average Bonchev–Trinajstić information content (AvgIpc) is 2.84. The number of amides is 4. The molecule has 0 fully saturated rings. The van der Waals surface area contributed by atoms with Crippen LogP contribution in [0.1, 0.15) is 15.9 Å². The molecule has 2 aromatic carbocycles. The fourth-order valence-electron chi connectivity index (χ4n) is 2.35. The maximum atomic E-state index is 11.9. The third-order valence-corrected chi connectivity index (χ3v) is 4.06. The Kier molecular flexibility index (Phi) is 10.0. The molecule has 1 unspecified atom stereocenters. The first kappa shape index (κ1) is 25.0. The number of imide groups is 1. The van der Waals surface area contributed by atoms with Crippen molar-refractivity contribution in [1.29, 1.82) is 0 Å². The minimum Gasteiger partial charge on any atom is -0.462 e. The molecule has 0 spiro atoms. The van der Waals surface area contributed by atoms with Crippen molar-refractivity contribution in [2.45, 2.75) is 12.6 Å². The molecule has 2 rings (SSSR count). The van der Waals surface area contributed by atoms with E-state index in [0.29, 0.717) is 5.56 Å². The number of ether oxygens (including phenoxy) is 2. The summed E-state index contributed by atoms with van der Waals surface area (Å²) in [4.78, 5) is 58.9. The van der Waals surface area contributed by atoms with E-state index in [9.17, 15) is 24.0 Å². The molecule has 1 atom stereocenters. The number of carbonyl (C=O) groups is 5. The number of carbonyl (C=O) groups excluding carboxylic acids is 5. The normalized spacial score (nSPS) is 10.9. The summed E-state index contributed by atoms with van der Waals surface area (Å²) in [6.45, 7) is -1.42. The summed E-state index contributed by atoms with van der Waals surface area (Å²) in [6, 6.07) is 15.8. The first-order valence-electron chi connectivity index (χ1n) is 9.88. The lowest BCUT2D eigenvalue weighted by molar-refractivity contribution is -0.144. The van der Waals surface area contributed by atoms with Crippen LogP contribution in [0.4, 0.5) is 4.79 Å². The van der Waals surface area contributed by atoms with Gasteiger partial charge in [-0.3, -0.25) is 24.5 Å². The summed E-state index contributed by atoms with van der Waals surface area (Å²) >= 11 is 0. The van der Waals surface area contributed by atoms with Gasteiger partial charge in [-0.05, 0) is 17.7 Å². The molecule has 0 heterocycles. The Bertz CT molecular complexity index is 967. The summed E-state index contributed by atoms with van der Waals surface area (Å²) in [5.41, 5.74) is 6.73. The van der Waals surface area contributed by atoms with Crippen LogP contribution in [0, 0.1) is 0 Å². The zero-order valence-corrected chi connectivity index (χ0v) is 17.6. The SMILES string of the molecule is NC(COC(=O)CNC(=O)OCc1ccccc1)C(=O)NC(=O)CNC(=O)c1ccccc1. The molecular formula is C22H24N4O7. The highest BCUT2D eigenvalue weighted by Crippen LogP contribution is 2.00. The molecule has 5 N–H and O–H groups in total. The zero-order chi connectivity index (χ0) is 24.1. The van der Waals surface area contributed by atoms with Crippen molar-refractivity contribution in [2.75, 3.05) is 19.7 Å². The van der Waals surface area contributed by atoms with Gasteiger partial charge < -0.3 is 25.8 Å². The minimum atomic E-state index is -1.33. The molecular weight excluding hydrogens is 432 g/mol. The second-order valence-corrected chi connectivity index (χ2v) is 6.67. The van der Waals surface area contributed by atoms with Gasteiger partial charge in [0.15, 0.2) is 0 Å². The zero-order valence-electron chi connectivity index (χ0n) is 17.6. The van der Waals surface area contributed by atoms with Gasteiger partial charge in [0.1, 0.15) is 25.8 Å². The van der Waals surface area contributed by atoms with Crippen molar-refractivity contribution in [3.05, 3.63) is 71.8 Å². The largest absolute Gasteiger partial charge is 0.462 e. The van der Waals surface area contributed by atoms with E-state index >= 15 is 0 Å². The number of alkyl carbamates (subject to hydrolysis) is 1. The van der Waals surface area contributed by atoms with Crippen molar-refractivity contribution in [3.63, 3.8) is 0 Å². The molecule has 0 aliphatic heterocycles. The molecule has 4 amide bonds. The van der Waals surface area contributed by atoms with Crippen LogP contribution in [0.5, 0.6) is 0 Å². The minimum absolute atomic E-state index is 0.0343. The van der Waals surface area contributed by atoms with Crippen LogP contribution >= 0.6 is 0 Å². The molecule has 2 aromatic rings. The van der Waals surface area contributed by atoms with E-state index in [4.69, 9.17) is 15.2 Å². The van der Waals surface area contributed by atoms with E-state index in [-0.39, 0.29) is 6.61 Å². The van der Waals surface area contributed by atoms with Gasteiger partial charge in [0.25, 0.3) is 5.91 Å². The second kappa shape index (κ2) is 13.2. The second-order valence-electron chi connectivity index (χ2n) is 6.67. The quantitative estimate of drug-likeness (QED) is 0.358. The molecule has 0 saturated carbocycles. The number of nitrogens with one attached hydrogen (secondary N) is 3. The van der Waals surface area contributed by atoms with Crippen LogP contribution in [0.3, 0.4) is 0 Å². The Balaban J connectivity index is 1.60. The highest BCUT2D eigenvalue weighted by atomic mass is 16.6.